The van der Waals surface area contributed by atoms with Gasteiger partial charge in [-0.15, -0.1) is 5.10 Å². The van der Waals surface area contributed by atoms with E-state index in [4.69, 9.17) is 4.74 Å². The highest BCUT2D eigenvalue weighted by molar-refractivity contribution is 6.29. The molecule has 0 amide bonds. The molecule has 34 heavy (non-hydrogen) atoms. The summed E-state index contributed by atoms with van der Waals surface area (Å²) in [6, 6.07) is 11.9. The summed E-state index contributed by atoms with van der Waals surface area (Å²) in [7, 11) is 1.72. The van der Waals surface area contributed by atoms with Crippen molar-refractivity contribution in [2.45, 2.75) is 19.1 Å². The molecule has 1 N–H and O–H groups in total. The molecular formula is C23H26BF3N6O. The molecule has 7 nitrogen and oxygen atoms in total. The Morgan fingerprint density at radius 1 is 1.03 bits per heavy atom. The quantitative estimate of drug-likeness (QED) is 0.577. The lowest BCUT2D eigenvalue weighted by Crippen LogP contribution is -2.56. The van der Waals surface area contributed by atoms with Gasteiger partial charge in [-0.05, 0) is 48.9 Å². The molecule has 0 radical (unpaired) electrons. The second-order valence-corrected chi connectivity index (χ2v) is 8.84. The summed E-state index contributed by atoms with van der Waals surface area (Å²) in [4.78, 5) is 9.28. The van der Waals surface area contributed by atoms with E-state index in [1.807, 2.05) is 13.0 Å². The Labute approximate surface area is 196 Å². The van der Waals surface area contributed by atoms with Crippen molar-refractivity contribution in [1.29, 1.82) is 0 Å². The maximum absolute atomic E-state index is 13.1. The number of halogens is 3. The minimum absolute atomic E-state index is 0.313. The molecule has 3 heterocycles. The predicted molar refractivity (Wildman–Crippen MR) is 127 cm³/mol. The van der Waals surface area contributed by atoms with Crippen LogP contribution >= 0.6 is 0 Å². The smallest absolute Gasteiger partial charge is 0.378 e. The molecule has 2 fully saturated rings. The Bertz CT molecular complexity index is 1170. The van der Waals surface area contributed by atoms with E-state index in [0.29, 0.717) is 23.4 Å². The summed E-state index contributed by atoms with van der Waals surface area (Å²) in [5.41, 5.74) is 3.15. The number of nitrogens with zero attached hydrogens (tertiary/aromatic N) is 5. The summed E-state index contributed by atoms with van der Waals surface area (Å²) in [5, 5.41) is 7.64. The number of hydrogen-bond acceptors (Lipinski definition) is 6. The molecule has 0 saturated carbocycles. The van der Waals surface area contributed by atoms with Gasteiger partial charge in [0, 0.05) is 37.6 Å². The van der Waals surface area contributed by atoms with Crippen molar-refractivity contribution in [2.75, 3.05) is 49.6 Å². The molecule has 178 valence electrons. The van der Waals surface area contributed by atoms with Crippen molar-refractivity contribution in [3.63, 3.8) is 0 Å². The molecule has 3 aromatic rings. The maximum atomic E-state index is 13.1. The third-order valence-electron chi connectivity index (χ3n) is 6.32. The van der Waals surface area contributed by atoms with Crippen LogP contribution in [0.25, 0.3) is 5.69 Å². The monoisotopic (exact) mass is 470 g/mol. The maximum Gasteiger partial charge on any atom is 0.416 e. The van der Waals surface area contributed by atoms with Crippen molar-refractivity contribution in [3.8, 4) is 5.69 Å². The van der Waals surface area contributed by atoms with Gasteiger partial charge in [-0.1, -0.05) is 6.07 Å². The number of aromatic nitrogens is 3. The van der Waals surface area contributed by atoms with Crippen molar-refractivity contribution in [3.05, 3.63) is 53.6 Å². The summed E-state index contributed by atoms with van der Waals surface area (Å²) in [6.45, 7) is 7.61. The van der Waals surface area contributed by atoms with Gasteiger partial charge in [-0.3, -0.25) is 4.90 Å². The molecule has 2 saturated heterocycles. The molecule has 2 aliphatic rings. The summed E-state index contributed by atoms with van der Waals surface area (Å²) in [5.74, 6) is 0.335. The zero-order valence-corrected chi connectivity index (χ0v) is 19.1. The SMILES string of the molecule is Bc1nc(Nc2cc(C)cc(N3CCN(C4COC4)CC3)c2)nn1-c1cccc(C(F)(F)F)c1. The first kappa shape index (κ1) is 22.7. The Morgan fingerprint density at radius 2 is 1.79 bits per heavy atom. The second-order valence-electron chi connectivity index (χ2n) is 8.84. The van der Waals surface area contributed by atoms with Crippen LogP contribution in [0.3, 0.4) is 0 Å². The zero-order valence-electron chi connectivity index (χ0n) is 19.1. The minimum Gasteiger partial charge on any atom is -0.378 e. The fraction of sp³-hybridized carbons (Fsp3) is 0.391. The second kappa shape index (κ2) is 8.96. The van der Waals surface area contributed by atoms with Crippen molar-refractivity contribution < 1.29 is 17.9 Å². The van der Waals surface area contributed by atoms with Gasteiger partial charge in [0.25, 0.3) is 0 Å². The minimum atomic E-state index is -4.42. The molecule has 0 unspecified atom stereocenters. The lowest BCUT2D eigenvalue weighted by atomic mass is 10.1. The fourth-order valence-electron chi connectivity index (χ4n) is 4.43. The third kappa shape index (κ3) is 4.76. The van der Waals surface area contributed by atoms with Gasteiger partial charge in [0.1, 0.15) is 0 Å². The van der Waals surface area contributed by atoms with Crippen LogP contribution in [-0.4, -0.2) is 72.9 Å². The van der Waals surface area contributed by atoms with Gasteiger partial charge >= 0.3 is 6.18 Å². The van der Waals surface area contributed by atoms with Gasteiger partial charge in [0.05, 0.1) is 36.2 Å². The molecule has 0 spiro atoms. The van der Waals surface area contributed by atoms with Crippen LogP contribution in [0.1, 0.15) is 11.1 Å². The molecule has 11 heteroatoms. The molecule has 5 rings (SSSR count). The van der Waals surface area contributed by atoms with E-state index in [1.54, 1.807) is 13.9 Å². The molecule has 2 aliphatic heterocycles. The first-order valence-corrected chi connectivity index (χ1v) is 11.3. The zero-order chi connectivity index (χ0) is 23.9. The van der Waals surface area contributed by atoms with E-state index in [9.17, 15) is 13.2 Å². The molecule has 0 bridgehead atoms. The van der Waals surface area contributed by atoms with Crippen LogP contribution < -0.4 is 15.9 Å². The highest BCUT2D eigenvalue weighted by Gasteiger charge is 2.31. The van der Waals surface area contributed by atoms with Gasteiger partial charge in [-0.2, -0.15) is 13.2 Å². The summed E-state index contributed by atoms with van der Waals surface area (Å²) in [6.07, 6.45) is -4.42. The number of hydrogen-bond donors (Lipinski definition) is 1. The van der Waals surface area contributed by atoms with Crippen molar-refractivity contribution >= 4 is 30.9 Å². The molecular weight excluding hydrogens is 444 g/mol. The van der Waals surface area contributed by atoms with Crippen LogP contribution in [-0.2, 0) is 10.9 Å². The van der Waals surface area contributed by atoms with E-state index in [-0.39, 0.29) is 0 Å². The van der Waals surface area contributed by atoms with Crippen LogP contribution in [0.5, 0.6) is 0 Å². The van der Waals surface area contributed by atoms with E-state index in [0.717, 1.165) is 68.5 Å². The van der Waals surface area contributed by atoms with Gasteiger partial charge in [-0.25, -0.2) is 9.67 Å². The van der Waals surface area contributed by atoms with E-state index >= 15 is 0 Å². The van der Waals surface area contributed by atoms with Gasteiger partial charge in [0.15, 0.2) is 7.85 Å². The summed E-state index contributed by atoms with van der Waals surface area (Å²) < 4.78 is 46.1. The molecule has 1 aromatic heterocycles. The highest BCUT2D eigenvalue weighted by atomic mass is 19.4. The number of rotatable bonds is 5. The van der Waals surface area contributed by atoms with Crippen molar-refractivity contribution in [1.82, 2.24) is 19.7 Å². The topological polar surface area (TPSA) is 58.5 Å². The van der Waals surface area contributed by atoms with Crippen LogP contribution in [0.2, 0.25) is 0 Å². The van der Waals surface area contributed by atoms with Crippen LogP contribution in [0.15, 0.2) is 42.5 Å². The van der Waals surface area contributed by atoms with E-state index in [1.165, 1.54) is 10.7 Å². The first-order chi connectivity index (χ1) is 16.3. The molecule has 2 aromatic carbocycles. The lowest BCUT2D eigenvalue weighted by molar-refractivity contribution is -0.137. The number of piperazine rings is 1. The number of benzene rings is 2. The Balaban J connectivity index is 1.32. The summed E-state index contributed by atoms with van der Waals surface area (Å²) >= 11 is 0. The van der Waals surface area contributed by atoms with Gasteiger partial charge < -0.3 is 15.0 Å². The number of anilines is 3. The third-order valence-corrected chi connectivity index (χ3v) is 6.32. The average Bonchev–Trinajstić information content (AvgIpc) is 3.12. The number of aryl methyl sites for hydroxylation is 1. The molecule has 0 aliphatic carbocycles. The average molecular weight is 470 g/mol. The Kier molecular flexibility index (Phi) is 5.99. The normalized spacial score (nSPS) is 17.6. The Hall–Kier alpha value is -3.05. The van der Waals surface area contributed by atoms with E-state index < -0.39 is 11.7 Å². The fourth-order valence-corrected chi connectivity index (χ4v) is 4.43. The van der Waals surface area contributed by atoms with Crippen LogP contribution in [0.4, 0.5) is 30.5 Å². The molecule has 0 atom stereocenters. The number of nitrogens with one attached hydrogen (secondary N) is 1. The van der Waals surface area contributed by atoms with Gasteiger partial charge in [0.2, 0.25) is 5.95 Å². The Morgan fingerprint density at radius 3 is 2.47 bits per heavy atom. The van der Waals surface area contributed by atoms with E-state index in [2.05, 4.69) is 37.3 Å². The van der Waals surface area contributed by atoms with Crippen LogP contribution in [0, 0.1) is 6.92 Å². The lowest BCUT2D eigenvalue weighted by Gasteiger charge is -2.43. The number of ether oxygens (including phenoxy) is 1. The first-order valence-electron chi connectivity index (χ1n) is 11.3. The van der Waals surface area contributed by atoms with Crippen molar-refractivity contribution in [2.24, 2.45) is 0 Å². The standard InChI is InChI=1S/C23H26BF3N6O/c1-15-9-17(12-19(10-15)31-5-7-32(8-6-31)20-13-34-14-20)28-22-29-21(24)33(30-22)18-4-2-3-16(11-18)23(25,26)27/h2-4,9-12,20H,5-8,13-14,24H2,1H3,(H,28,30). The largest absolute Gasteiger partial charge is 0.416 e. The number of alkyl halides is 3. The predicted octanol–water partition coefficient (Wildman–Crippen LogP) is 2.12. The highest BCUT2D eigenvalue weighted by Crippen LogP contribution is 2.30.